The van der Waals surface area contributed by atoms with Gasteiger partial charge in [0.25, 0.3) is 0 Å². The summed E-state index contributed by atoms with van der Waals surface area (Å²) in [6, 6.07) is 5.55. The first kappa shape index (κ1) is 11.7. The lowest BCUT2D eigenvalue weighted by molar-refractivity contribution is 0.0699. The largest absolute Gasteiger partial charge is 0.478 e. The fraction of sp³-hybridized carbons (Fsp3) is 0.357. The van der Waals surface area contributed by atoms with Gasteiger partial charge in [-0.3, -0.25) is 4.90 Å². The van der Waals surface area contributed by atoms with E-state index in [2.05, 4.69) is 10.3 Å². The Hall–Kier alpha value is -1.39. The smallest absolute Gasteiger partial charge is 0.337 e. The number of carboxylic acids is 1. The number of nitrogens with zero attached hydrogens (tertiary/aromatic N) is 1. The maximum absolute atomic E-state index is 11.2. The van der Waals surface area contributed by atoms with Crippen LogP contribution in [0.3, 0.4) is 0 Å². The number of rotatable bonds is 3. The molecule has 0 spiro atoms. The van der Waals surface area contributed by atoms with Crippen LogP contribution in [0.4, 0.5) is 0 Å². The van der Waals surface area contributed by atoms with Gasteiger partial charge in [0.1, 0.15) is 0 Å². The minimum absolute atomic E-state index is 0.421. The number of fused-ring (bicyclic) bond motifs is 1. The average Bonchev–Trinajstić information content (AvgIpc) is 2.99. The SMILES string of the molecule is O=C(O)c1cccc2c(CN3CCCC3)csc12. The molecule has 18 heavy (non-hydrogen) atoms. The van der Waals surface area contributed by atoms with Crippen LogP contribution in [-0.4, -0.2) is 29.1 Å². The molecule has 0 aliphatic carbocycles. The predicted molar refractivity (Wildman–Crippen MR) is 73.3 cm³/mol. The molecule has 0 radical (unpaired) electrons. The molecule has 1 saturated heterocycles. The highest BCUT2D eigenvalue weighted by Crippen LogP contribution is 2.30. The number of aromatic carboxylic acids is 1. The fourth-order valence-corrected chi connectivity index (χ4v) is 3.65. The van der Waals surface area contributed by atoms with Gasteiger partial charge in [-0.1, -0.05) is 12.1 Å². The van der Waals surface area contributed by atoms with Gasteiger partial charge in [0, 0.05) is 11.2 Å². The molecule has 2 aromatic rings. The quantitative estimate of drug-likeness (QED) is 0.922. The fourth-order valence-electron chi connectivity index (χ4n) is 2.58. The molecule has 2 heterocycles. The third-order valence-corrected chi connectivity index (χ3v) is 4.58. The maximum Gasteiger partial charge on any atom is 0.337 e. The van der Waals surface area contributed by atoms with Crippen LogP contribution in [0.15, 0.2) is 23.6 Å². The third-order valence-electron chi connectivity index (χ3n) is 3.50. The minimum Gasteiger partial charge on any atom is -0.478 e. The van der Waals surface area contributed by atoms with Gasteiger partial charge in [-0.15, -0.1) is 11.3 Å². The molecule has 0 unspecified atom stereocenters. The molecule has 3 rings (SSSR count). The number of likely N-dealkylation sites (tertiary alicyclic amines) is 1. The number of hydrogen-bond acceptors (Lipinski definition) is 3. The summed E-state index contributed by atoms with van der Waals surface area (Å²) in [5.41, 5.74) is 1.69. The molecule has 0 saturated carbocycles. The van der Waals surface area contributed by atoms with Crippen LogP contribution in [0, 0.1) is 0 Å². The zero-order valence-electron chi connectivity index (χ0n) is 10.1. The Kier molecular flexibility index (Phi) is 3.06. The molecule has 4 heteroatoms. The Morgan fingerprint density at radius 1 is 1.33 bits per heavy atom. The van der Waals surface area contributed by atoms with Gasteiger partial charge in [0.2, 0.25) is 0 Å². The summed E-state index contributed by atoms with van der Waals surface area (Å²) in [7, 11) is 0. The lowest BCUT2D eigenvalue weighted by atomic mass is 10.1. The predicted octanol–water partition coefficient (Wildman–Crippen LogP) is 3.20. The van der Waals surface area contributed by atoms with Gasteiger partial charge in [-0.2, -0.15) is 0 Å². The van der Waals surface area contributed by atoms with Crippen LogP contribution < -0.4 is 0 Å². The molecular weight excluding hydrogens is 246 g/mol. The summed E-state index contributed by atoms with van der Waals surface area (Å²) >= 11 is 1.54. The first-order valence-electron chi connectivity index (χ1n) is 6.20. The normalized spacial score (nSPS) is 16.4. The molecule has 94 valence electrons. The van der Waals surface area contributed by atoms with E-state index in [0.717, 1.165) is 29.7 Å². The molecule has 1 N–H and O–H groups in total. The van der Waals surface area contributed by atoms with Gasteiger partial charge in [0.15, 0.2) is 0 Å². The average molecular weight is 261 g/mol. The van der Waals surface area contributed by atoms with Crippen LogP contribution in [0.1, 0.15) is 28.8 Å². The Bertz CT molecular complexity index is 584. The van der Waals surface area contributed by atoms with E-state index in [4.69, 9.17) is 0 Å². The molecule has 0 atom stereocenters. The number of carboxylic acid groups (broad SMARTS) is 1. The van der Waals surface area contributed by atoms with Crippen molar-refractivity contribution in [2.75, 3.05) is 13.1 Å². The lowest BCUT2D eigenvalue weighted by Crippen LogP contribution is -2.17. The molecule has 1 fully saturated rings. The highest BCUT2D eigenvalue weighted by atomic mass is 32.1. The molecular formula is C14H15NO2S. The van der Waals surface area contributed by atoms with E-state index in [9.17, 15) is 9.90 Å². The van der Waals surface area contributed by atoms with Crippen LogP contribution in [0.25, 0.3) is 10.1 Å². The van der Waals surface area contributed by atoms with Crippen molar-refractivity contribution in [3.8, 4) is 0 Å². The highest BCUT2D eigenvalue weighted by molar-refractivity contribution is 7.17. The van der Waals surface area contributed by atoms with Crippen molar-refractivity contribution in [3.63, 3.8) is 0 Å². The summed E-state index contributed by atoms with van der Waals surface area (Å²) in [4.78, 5) is 13.6. The van der Waals surface area contributed by atoms with E-state index in [1.165, 1.54) is 18.4 Å². The zero-order valence-corrected chi connectivity index (χ0v) is 10.9. The molecule has 3 nitrogen and oxygen atoms in total. The zero-order chi connectivity index (χ0) is 12.5. The van der Waals surface area contributed by atoms with E-state index in [1.54, 1.807) is 17.4 Å². The van der Waals surface area contributed by atoms with Gasteiger partial charge in [-0.05, 0) is 48.3 Å². The van der Waals surface area contributed by atoms with Gasteiger partial charge in [-0.25, -0.2) is 4.79 Å². The lowest BCUT2D eigenvalue weighted by Gasteiger charge is -2.13. The van der Waals surface area contributed by atoms with Crippen molar-refractivity contribution in [3.05, 3.63) is 34.7 Å². The monoisotopic (exact) mass is 261 g/mol. The second-order valence-corrected chi connectivity index (χ2v) is 5.61. The third kappa shape index (κ3) is 2.02. The van der Waals surface area contributed by atoms with Crippen molar-refractivity contribution in [1.82, 2.24) is 4.90 Å². The van der Waals surface area contributed by atoms with Crippen molar-refractivity contribution in [2.24, 2.45) is 0 Å². The maximum atomic E-state index is 11.2. The summed E-state index contributed by atoms with van der Waals surface area (Å²) in [5, 5.41) is 12.4. The van der Waals surface area contributed by atoms with Gasteiger partial charge < -0.3 is 5.11 Å². The van der Waals surface area contributed by atoms with Crippen LogP contribution in [0.2, 0.25) is 0 Å². The number of hydrogen-bond donors (Lipinski definition) is 1. The van der Waals surface area contributed by atoms with Gasteiger partial charge in [0.05, 0.1) is 5.56 Å². The Morgan fingerprint density at radius 3 is 2.83 bits per heavy atom. The van der Waals surface area contributed by atoms with Crippen molar-refractivity contribution >= 4 is 27.4 Å². The van der Waals surface area contributed by atoms with Crippen molar-refractivity contribution < 1.29 is 9.90 Å². The number of benzene rings is 1. The highest BCUT2D eigenvalue weighted by Gasteiger charge is 2.16. The topological polar surface area (TPSA) is 40.5 Å². The molecule has 1 aliphatic rings. The van der Waals surface area contributed by atoms with Crippen LogP contribution in [-0.2, 0) is 6.54 Å². The Balaban J connectivity index is 1.98. The van der Waals surface area contributed by atoms with Crippen molar-refractivity contribution in [2.45, 2.75) is 19.4 Å². The Morgan fingerprint density at radius 2 is 2.11 bits per heavy atom. The molecule has 0 bridgehead atoms. The van der Waals surface area contributed by atoms with E-state index in [-0.39, 0.29) is 0 Å². The van der Waals surface area contributed by atoms with E-state index in [1.807, 2.05) is 12.1 Å². The first-order valence-corrected chi connectivity index (χ1v) is 7.08. The Labute approximate surface area is 110 Å². The second kappa shape index (κ2) is 4.71. The first-order chi connectivity index (χ1) is 8.75. The summed E-state index contributed by atoms with van der Waals surface area (Å²) in [5.74, 6) is -0.838. The molecule has 1 aromatic heterocycles. The summed E-state index contributed by atoms with van der Waals surface area (Å²) in [6.45, 7) is 3.27. The van der Waals surface area contributed by atoms with Crippen LogP contribution >= 0.6 is 11.3 Å². The molecule has 1 aromatic carbocycles. The minimum atomic E-state index is -0.838. The van der Waals surface area contributed by atoms with E-state index >= 15 is 0 Å². The van der Waals surface area contributed by atoms with E-state index in [0.29, 0.717) is 5.56 Å². The van der Waals surface area contributed by atoms with Crippen LogP contribution in [0.5, 0.6) is 0 Å². The number of carbonyl (C=O) groups is 1. The molecule has 0 amide bonds. The number of thiophene rings is 1. The second-order valence-electron chi connectivity index (χ2n) is 4.73. The van der Waals surface area contributed by atoms with Crippen molar-refractivity contribution in [1.29, 1.82) is 0 Å². The van der Waals surface area contributed by atoms with Gasteiger partial charge >= 0.3 is 5.97 Å². The summed E-state index contributed by atoms with van der Waals surface area (Å²) in [6.07, 6.45) is 2.56. The summed E-state index contributed by atoms with van der Waals surface area (Å²) < 4.78 is 0.902. The molecule has 1 aliphatic heterocycles. The van der Waals surface area contributed by atoms with E-state index < -0.39 is 5.97 Å². The standard InChI is InChI=1S/C14H15NO2S/c16-14(17)12-5-3-4-11-10(9-18-13(11)12)8-15-6-1-2-7-15/h3-5,9H,1-2,6-8H2,(H,16,17).